The third-order valence-corrected chi connectivity index (χ3v) is 5.12. The van der Waals surface area contributed by atoms with E-state index in [9.17, 15) is 14.4 Å². The summed E-state index contributed by atoms with van der Waals surface area (Å²) in [5, 5.41) is 4.65. The molecular formula is C26H22N2O5. The Morgan fingerprint density at radius 2 is 1.67 bits per heavy atom. The predicted molar refractivity (Wildman–Crippen MR) is 125 cm³/mol. The molecule has 0 spiro atoms. The standard InChI is InChI=1S/C26H22N2O5/c1-2-28(22-10-5-8-18-7-3-4-9-21(18)22)24(29)17-33-26(31)19-12-14-20(15-13-19)27-25(30)23-11-6-16-32-23/h3-16H,2,17H2,1H3,(H,27,30). The van der Waals surface area contributed by atoms with E-state index in [4.69, 9.17) is 9.15 Å². The summed E-state index contributed by atoms with van der Waals surface area (Å²) in [6.07, 6.45) is 1.41. The highest BCUT2D eigenvalue weighted by atomic mass is 16.5. The Balaban J connectivity index is 1.38. The maximum absolute atomic E-state index is 12.8. The van der Waals surface area contributed by atoms with Crippen LogP contribution < -0.4 is 10.2 Å². The average Bonchev–Trinajstić information content (AvgIpc) is 3.39. The van der Waals surface area contributed by atoms with Gasteiger partial charge in [0, 0.05) is 17.6 Å². The van der Waals surface area contributed by atoms with Gasteiger partial charge in [0.15, 0.2) is 12.4 Å². The van der Waals surface area contributed by atoms with Crippen LogP contribution in [0.3, 0.4) is 0 Å². The number of esters is 1. The fourth-order valence-electron chi connectivity index (χ4n) is 3.50. The van der Waals surface area contributed by atoms with E-state index in [1.807, 2.05) is 49.4 Å². The maximum Gasteiger partial charge on any atom is 0.338 e. The number of amides is 2. The lowest BCUT2D eigenvalue weighted by Crippen LogP contribution is -2.34. The van der Waals surface area contributed by atoms with Crippen molar-refractivity contribution in [2.45, 2.75) is 6.92 Å². The number of likely N-dealkylation sites (N-methyl/N-ethyl adjacent to an activating group) is 1. The number of carbonyl (C=O) groups is 3. The first kappa shape index (κ1) is 21.8. The molecule has 0 radical (unpaired) electrons. The smallest absolute Gasteiger partial charge is 0.338 e. The second-order valence-corrected chi connectivity index (χ2v) is 7.22. The van der Waals surface area contributed by atoms with Gasteiger partial charge in [0.25, 0.3) is 11.8 Å². The number of anilines is 2. The summed E-state index contributed by atoms with van der Waals surface area (Å²) in [4.78, 5) is 38.9. The molecule has 0 aliphatic heterocycles. The molecule has 4 aromatic rings. The third-order valence-electron chi connectivity index (χ3n) is 5.12. The van der Waals surface area contributed by atoms with Crippen LogP contribution in [0.4, 0.5) is 11.4 Å². The lowest BCUT2D eigenvalue weighted by atomic mass is 10.1. The second-order valence-electron chi connectivity index (χ2n) is 7.22. The number of ether oxygens (including phenoxy) is 1. The van der Waals surface area contributed by atoms with Crippen molar-refractivity contribution in [1.29, 1.82) is 0 Å². The SMILES string of the molecule is CCN(C(=O)COC(=O)c1ccc(NC(=O)c2ccco2)cc1)c1cccc2ccccc12. The number of hydrogen-bond donors (Lipinski definition) is 1. The van der Waals surface area contributed by atoms with Crippen LogP contribution in [0, 0.1) is 0 Å². The van der Waals surface area contributed by atoms with Crippen molar-refractivity contribution in [3.8, 4) is 0 Å². The summed E-state index contributed by atoms with van der Waals surface area (Å²) in [7, 11) is 0. The molecule has 0 aliphatic rings. The molecule has 7 nitrogen and oxygen atoms in total. The first-order valence-electron chi connectivity index (χ1n) is 10.5. The molecule has 0 unspecified atom stereocenters. The summed E-state index contributed by atoms with van der Waals surface area (Å²) in [6, 6.07) is 22.9. The van der Waals surface area contributed by atoms with E-state index in [2.05, 4.69) is 5.32 Å². The minimum absolute atomic E-state index is 0.184. The topological polar surface area (TPSA) is 88.9 Å². The van der Waals surface area contributed by atoms with Crippen molar-refractivity contribution >= 4 is 39.9 Å². The first-order chi connectivity index (χ1) is 16.1. The first-order valence-corrected chi connectivity index (χ1v) is 10.5. The summed E-state index contributed by atoms with van der Waals surface area (Å²) < 4.78 is 10.3. The van der Waals surface area contributed by atoms with Crippen LogP contribution in [-0.4, -0.2) is 30.9 Å². The largest absolute Gasteiger partial charge is 0.459 e. The highest BCUT2D eigenvalue weighted by molar-refractivity contribution is 6.05. The van der Waals surface area contributed by atoms with Crippen molar-refractivity contribution in [3.63, 3.8) is 0 Å². The quantitative estimate of drug-likeness (QED) is 0.412. The number of benzene rings is 3. The number of rotatable bonds is 7. The number of hydrogen-bond acceptors (Lipinski definition) is 5. The molecule has 0 fully saturated rings. The van der Waals surface area contributed by atoms with Gasteiger partial charge < -0.3 is 19.4 Å². The van der Waals surface area contributed by atoms with Crippen molar-refractivity contribution in [2.75, 3.05) is 23.4 Å². The fourth-order valence-corrected chi connectivity index (χ4v) is 3.50. The second kappa shape index (κ2) is 9.82. The van der Waals surface area contributed by atoms with Gasteiger partial charge in [0.1, 0.15) is 0 Å². The van der Waals surface area contributed by atoms with Gasteiger partial charge in [-0.05, 0) is 54.8 Å². The Bertz CT molecular complexity index is 1270. The van der Waals surface area contributed by atoms with Gasteiger partial charge in [0.05, 0.1) is 17.5 Å². The summed E-state index contributed by atoms with van der Waals surface area (Å²) >= 11 is 0. The lowest BCUT2D eigenvalue weighted by molar-refractivity contribution is -0.121. The van der Waals surface area contributed by atoms with Gasteiger partial charge in [0.2, 0.25) is 0 Å². The van der Waals surface area contributed by atoms with Gasteiger partial charge in [-0.2, -0.15) is 0 Å². The minimum atomic E-state index is -0.624. The Kier molecular flexibility index (Phi) is 6.50. The summed E-state index contributed by atoms with van der Waals surface area (Å²) in [6.45, 7) is 1.93. The molecule has 3 aromatic carbocycles. The molecule has 0 bridgehead atoms. The van der Waals surface area contributed by atoms with Gasteiger partial charge in [-0.1, -0.05) is 36.4 Å². The van der Waals surface area contributed by atoms with Crippen molar-refractivity contribution in [2.24, 2.45) is 0 Å². The van der Waals surface area contributed by atoms with E-state index in [1.165, 1.54) is 18.4 Å². The molecule has 0 aliphatic carbocycles. The molecule has 1 N–H and O–H groups in total. The predicted octanol–water partition coefficient (Wildman–Crippen LogP) is 4.90. The van der Waals surface area contributed by atoms with Crippen LogP contribution in [0.2, 0.25) is 0 Å². The summed E-state index contributed by atoms with van der Waals surface area (Å²) in [5.74, 6) is -1.15. The molecule has 166 valence electrons. The van der Waals surface area contributed by atoms with E-state index < -0.39 is 11.9 Å². The normalized spacial score (nSPS) is 10.6. The molecule has 33 heavy (non-hydrogen) atoms. The molecule has 7 heteroatoms. The van der Waals surface area contributed by atoms with Crippen LogP contribution in [-0.2, 0) is 9.53 Å². The zero-order valence-corrected chi connectivity index (χ0v) is 18.0. The van der Waals surface area contributed by atoms with Crippen molar-refractivity contribution < 1.29 is 23.5 Å². The highest BCUT2D eigenvalue weighted by Gasteiger charge is 2.19. The van der Waals surface area contributed by atoms with Gasteiger partial charge in [-0.25, -0.2) is 4.79 Å². The third kappa shape index (κ3) is 4.93. The Hall–Kier alpha value is -4.39. The molecule has 4 rings (SSSR count). The van der Waals surface area contributed by atoms with E-state index in [0.717, 1.165) is 16.5 Å². The van der Waals surface area contributed by atoms with E-state index in [1.54, 1.807) is 29.2 Å². The van der Waals surface area contributed by atoms with E-state index >= 15 is 0 Å². The van der Waals surface area contributed by atoms with Gasteiger partial charge in [-0.15, -0.1) is 0 Å². The molecule has 0 saturated carbocycles. The van der Waals surface area contributed by atoms with E-state index in [-0.39, 0.29) is 23.8 Å². The van der Waals surface area contributed by atoms with Crippen LogP contribution >= 0.6 is 0 Å². The highest BCUT2D eigenvalue weighted by Crippen LogP contribution is 2.26. The number of fused-ring (bicyclic) bond motifs is 1. The molecule has 1 heterocycles. The number of nitrogens with one attached hydrogen (secondary N) is 1. The molecule has 0 saturated heterocycles. The molecule has 2 amide bonds. The zero-order chi connectivity index (χ0) is 23.2. The van der Waals surface area contributed by atoms with Crippen LogP contribution in [0.25, 0.3) is 10.8 Å². The van der Waals surface area contributed by atoms with Gasteiger partial charge in [-0.3, -0.25) is 9.59 Å². The zero-order valence-electron chi connectivity index (χ0n) is 18.0. The number of furan rings is 1. The molecule has 1 aromatic heterocycles. The Morgan fingerprint density at radius 3 is 2.39 bits per heavy atom. The van der Waals surface area contributed by atoms with E-state index in [0.29, 0.717) is 12.2 Å². The van der Waals surface area contributed by atoms with Gasteiger partial charge >= 0.3 is 5.97 Å². The Labute approximate surface area is 190 Å². The number of carbonyl (C=O) groups excluding carboxylic acids is 3. The number of nitrogens with zero attached hydrogens (tertiary/aromatic N) is 1. The molecular weight excluding hydrogens is 420 g/mol. The minimum Gasteiger partial charge on any atom is -0.459 e. The van der Waals surface area contributed by atoms with Crippen molar-refractivity contribution in [1.82, 2.24) is 0 Å². The van der Waals surface area contributed by atoms with Crippen LogP contribution in [0.15, 0.2) is 89.5 Å². The van der Waals surface area contributed by atoms with Crippen LogP contribution in [0.1, 0.15) is 27.8 Å². The maximum atomic E-state index is 12.8. The lowest BCUT2D eigenvalue weighted by Gasteiger charge is -2.22. The Morgan fingerprint density at radius 1 is 0.909 bits per heavy atom. The average molecular weight is 442 g/mol. The summed E-state index contributed by atoms with van der Waals surface area (Å²) in [5.41, 5.74) is 1.54. The fraction of sp³-hybridized carbons (Fsp3) is 0.115. The van der Waals surface area contributed by atoms with Crippen LogP contribution in [0.5, 0.6) is 0 Å². The van der Waals surface area contributed by atoms with Crippen molar-refractivity contribution in [3.05, 3.63) is 96.4 Å². The molecule has 0 atom stereocenters. The monoisotopic (exact) mass is 442 g/mol.